The number of ether oxygens (including phenoxy) is 1. The number of alkyl carbamates (subject to hydrolysis) is 1. The van der Waals surface area contributed by atoms with E-state index in [1.807, 2.05) is 20.8 Å². The van der Waals surface area contributed by atoms with E-state index in [0.29, 0.717) is 43.1 Å². The maximum absolute atomic E-state index is 12.3. The standard InChI is InChI=1S/C16H26N4O4/c1-10-13(11(2)24-19-10)18-14(21)20-8-6-12(7-9-20)17-15(22)23-16(3,4)5/h12H,6-9H2,1-5H3,(H,17,22)(H,18,21). The molecule has 3 amide bonds. The highest BCUT2D eigenvalue weighted by molar-refractivity contribution is 5.90. The van der Waals surface area contributed by atoms with E-state index in [9.17, 15) is 9.59 Å². The first-order chi connectivity index (χ1) is 11.2. The highest BCUT2D eigenvalue weighted by atomic mass is 16.6. The van der Waals surface area contributed by atoms with Gasteiger partial charge >= 0.3 is 12.1 Å². The van der Waals surface area contributed by atoms with E-state index in [1.165, 1.54) is 0 Å². The normalized spacial score (nSPS) is 16.0. The zero-order valence-electron chi connectivity index (χ0n) is 14.9. The third-order valence-corrected chi connectivity index (χ3v) is 3.77. The van der Waals surface area contributed by atoms with E-state index >= 15 is 0 Å². The van der Waals surface area contributed by atoms with Crippen molar-refractivity contribution in [2.24, 2.45) is 0 Å². The lowest BCUT2D eigenvalue weighted by atomic mass is 10.1. The molecule has 0 spiro atoms. The van der Waals surface area contributed by atoms with E-state index in [-0.39, 0.29) is 12.1 Å². The van der Waals surface area contributed by atoms with Crippen molar-refractivity contribution < 1.29 is 18.8 Å². The summed E-state index contributed by atoms with van der Waals surface area (Å²) < 4.78 is 10.3. The number of anilines is 1. The van der Waals surface area contributed by atoms with Gasteiger partial charge in [0.05, 0.1) is 0 Å². The van der Waals surface area contributed by atoms with Crippen LogP contribution in [0.15, 0.2) is 4.52 Å². The number of rotatable bonds is 2. The Kier molecular flexibility index (Phi) is 5.36. The van der Waals surface area contributed by atoms with Crippen molar-refractivity contribution in [2.45, 2.75) is 59.1 Å². The Balaban J connectivity index is 1.80. The Hall–Kier alpha value is -2.25. The van der Waals surface area contributed by atoms with Gasteiger partial charge in [0.15, 0.2) is 5.76 Å². The van der Waals surface area contributed by atoms with Crippen LogP contribution >= 0.6 is 0 Å². The average molecular weight is 338 g/mol. The van der Waals surface area contributed by atoms with Crippen molar-refractivity contribution >= 4 is 17.8 Å². The van der Waals surface area contributed by atoms with Gasteiger partial charge in [0.1, 0.15) is 17.0 Å². The predicted octanol–water partition coefficient (Wildman–Crippen LogP) is 2.81. The summed E-state index contributed by atoms with van der Waals surface area (Å²) in [6.07, 6.45) is 0.962. The molecule has 24 heavy (non-hydrogen) atoms. The fourth-order valence-corrected chi connectivity index (χ4v) is 2.55. The monoisotopic (exact) mass is 338 g/mol. The van der Waals surface area contributed by atoms with Gasteiger partial charge in [-0.25, -0.2) is 9.59 Å². The number of likely N-dealkylation sites (tertiary alicyclic amines) is 1. The minimum absolute atomic E-state index is 0.0166. The summed E-state index contributed by atoms with van der Waals surface area (Å²) in [6, 6.07) is -0.164. The average Bonchev–Trinajstić information content (AvgIpc) is 2.77. The number of carbonyl (C=O) groups excluding carboxylic acids is 2. The van der Waals surface area contributed by atoms with Crippen LogP contribution < -0.4 is 10.6 Å². The van der Waals surface area contributed by atoms with E-state index in [2.05, 4.69) is 15.8 Å². The molecule has 2 rings (SSSR count). The van der Waals surface area contributed by atoms with Gasteiger partial charge in [-0.1, -0.05) is 5.16 Å². The fourth-order valence-electron chi connectivity index (χ4n) is 2.55. The largest absolute Gasteiger partial charge is 0.444 e. The van der Waals surface area contributed by atoms with Crippen LogP contribution in [0.4, 0.5) is 15.3 Å². The summed E-state index contributed by atoms with van der Waals surface area (Å²) in [6.45, 7) is 10.2. The van der Waals surface area contributed by atoms with Crippen molar-refractivity contribution in [2.75, 3.05) is 18.4 Å². The smallest absolute Gasteiger partial charge is 0.407 e. The lowest BCUT2D eigenvalue weighted by Crippen LogP contribution is -2.48. The zero-order chi connectivity index (χ0) is 17.9. The van der Waals surface area contributed by atoms with Crippen LogP contribution in [0.5, 0.6) is 0 Å². The van der Waals surface area contributed by atoms with Gasteiger partial charge in [-0.3, -0.25) is 0 Å². The van der Waals surface area contributed by atoms with Crippen molar-refractivity contribution in [3.05, 3.63) is 11.5 Å². The van der Waals surface area contributed by atoms with Gasteiger partial charge in [0.2, 0.25) is 0 Å². The summed E-state index contributed by atoms with van der Waals surface area (Å²) >= 11 is 0. The number of carbonyl (C=O) groups is 2. The number of nitrogens with zero attached hydrogens (tertiary/aromatic N) is 2. The first kappa shape index (κ1) is 18.1. The Morgan fingerprint density at radius 3 is 2.38 bits per heavy atom. The number of hydrogen-bond donors (Lipinski definition) is 2. The molecule has 1 aliphatic heterocycles. The molecule has 2 heterocycles. The molecular weight excluding hydrogens is 312 g/mol. The quantitative estimate of drug-likeness (QED) is 0.864. The third-order valence-electron chi connectivity index (χ3n) is 3.77. The number of nitrogens with one attached hydrogen (secondary N) is 2. The van der Waals surface area contributed by atoms with Gasteiger partial charge in [-0.15, -0.1) is 0 Å². The molecule has 0 aliphatic carbocycles. The van der Waals surface area contributed by atoms with Crippen LogP contribution in [-0.2, 0) is 4.74 Å². The first-order valence-corrected chi connectivity index (χ1v) is 8.14. The van der Waals surface area contributed by atoms with Crippen molar-refractivity contribution in [3.63, 3.8) is 0 Å². The van der Waals surface area contributed by atoms with Gasteiger partial charge in [0.25, 0.3) is 0 Å². The summed E-state index contributed by atoms with van der Waals surface area (Å²) in [4.78, 5) is 25.8. The lowest BCUT2D eigenvalue weighted by Gasteiger charge is -2.32. The van der Waals surface area contributed by atoms with Crippen molar-refractivity contribution in [1.82, 2.24) is 15.4 Å². The number of aromatic nitrogens is 1. The second-order valence-corrected chi connectivity index (χ2v) is 7.04. The van der Waals surface area contributed by atoms with Gasteiger partial charge in [0, 0.05) is 19.1 Å². The van der Waals surface area contributed by atoms with Gasteiger partial charge in [-0.2, -0.15) is 0 Å². The highest BCUT2D eigenvalue weighted by Gasteiger charge is 2.26. The second kappa shape index (κ2) is 7.11. The summed E-state index contributed by atoms with van der Waals surface area (Å²) in [7, 11) is 0. The van der Waals surface area contributed by atoms with Crippen LogP contribution in [0.3, 0.4) is 0 Å². The molecule has 1 saturated heterocycles. The summed E-state index contributed by atoms with van der Waals surface area (Å²) in [5.41, 5.74) is 0.760. The Morgan fingerprint density at radius 2 is 1.88 bits per heavy atom. The fraction of sp³-hybridized carbons (Fsp3) is 0.688. The number of urea groups is 1. The molecule has 0 aromatic carbocycles. The van der Waals surface area contributed by atoms with Crippen molar-refractivity contribution in [1.29, 1.82) is 0 Å². The lowest BCUT2D eigenvalue weighted by molar-refractivity contribution is 0.0486. The molecule has 0 atom stereocenters. The van der Waals surface area contributed by atoms with E-state index in [0.717, 1.165) is 0 Å². The number of aryl methyl sites for hydroxylation is 2. The minimum Gasteiger partial charge on any atom is -0.444 e. The number of amides is 3. The molecule has 1 aromatic heterocycles. The maximum atomic E-state index is 12.3. The van der Waals surface area contributed by atoms with Crippen LogP contribution in [0.25, 0.3) is 0 Å². The van der Waals surface area contributed by atoms with Crippen molar-refractivity contribution in [3.8, 4) is 0 Å². The molecule has 0 saturated carbocycles. The van der Waals surface area contributed by atoms with Crippen LogP contribution in [-0.4, -0.2) is 46.9 Å². The van der Waals surface area contributed by atoms with Crippen LogP contribution in [0.1, 0.15) is 45.1 Å². The minimum atomic E-state index is -0.515. The molecule has 1 aromatic rings. The molecule has 8 nitrogen and oxygen atoms in total. The van der Waals surface area contributed by atoms with Crippen LogP contribution in [0.2, 0.25) is 0 Å². The second-order valence-electron chi connectivity index (χ2n) is 7.04. The molecule has 1 fully saturated rings. The SMILES string of the molecule is Cc1noc(C)c1NC(=O)N1CCC(NC(=O)OC(C)(C)C)CC1. The summed E-state index contributed by atoms with van der Waals surface area (Å²) in [5.74, 6) is 0.585. The number of hydrogen-bond acceptors (Lipinski definition) is 5. The highest BCUT2D eigenvalue weighted by Crippen LogP contribution is 2.20. The maximum Gasteiger partial charge on any atom is 0.407 e. The molecular formula is C16H26N4O4. The first-order valence-electron chi connectivity index (χ1n) is 8.14. The predicted molar refractivity (Wildman–Crippen MR) is 89.0 cm³/mol. The third kappa shape index (κ3) is 4.87. The molecule has 134 valence electrons. The molecule has 1 aliphatic rings. The molecule has 2 N–H and O–H groups in total. The molecule has 0 radical (unpaired) electrons. The zero-order valence-corrected chi connectivity index (χ0v) is 14.9. The van der Waals surface area contributed by atoms with E-state index < -0.39 is 11.7 Å². The molecule has 0 unspecified atom stereocenters. The van der Waals surface area contributed by atoms with E-state index in [4.69, 9.17) is 9.26 Å². The Labute approximate surface area is 141 Å². The van der Waals surface area contributed by atoms with E-state index in [1.54, 1.807) is 18.7 Å². The molecule has 8 heteroatoms. The molecule has 0 bridgehead atoms. The Bertz CT molecular complexity index is 578. The van der Waals surface area contributed by atoms with Crippen LogP contribution in [0, 0.1) is 13.8 Å². The Morgan fingerprint density at radius 1 is 1.25 bits per heavy atom. The summed E-state index contributed by atoms with van der Waals surface area (Å²) in [5, 5.41) is 9.51. The topological polar surface area (TPSA) is 96.7 Å². The number of piperidine rings is 1. The van der Waals surface area contributed by atoms with Gasteiger partial charge in [-0.05, 0) is 47.5 Å². The van der Waals surface area contributed by atoms with Gasteiger partial charge < -0.3 is 24.8 Å².